The lowest BCUT2D eigenvalue weighted by atomic mass is 10.0. The van der Waals surface area contributed by atoms with E-state index in [2.05, 4.69) is 0 Å². The highest BCUT2D eigenvalue weighted by molar-refractivity contribution is 6.07. The summed E-state index contributed by atoms with van der Waals surface area (Å²) in [4.78, 5) is 0. The predicted molar refractivity (Wildman–Crippen MR) is 61.3 cm³/mol. The molecule has 0 nitrogen and oxygen atoms in total. The molecule has 0 aliphatic carbocycles. The van der Waals surface area contributed by atoms with Crippen molar-refractivity contribution in [2.24, 2.45) is 0 Å². The normalized spacial score (nSPS) is 11.2. The molecule has 17 heavy (non-hydrogen) atoms. The summed E-state index contributed by atoms with van der Waals surface area (Å²) in [5.74, 6) is -2.54. The van der Waals surface area contributed by atoms with Crippen molar-refractivity contribution in [2.75, 3.05) is 0 Å². The zero-order chi connectivity index (χ0) is 12.0. The van der Waals surface area contributed by atoms with Gasteiger partial charge in [0.15, 0.2) is 11.6 Å². The number of hydrogen-bond donors (Lipinski definition) is 0. The average Bonchev–Trinajstić information content (AvgIpc) is 2.32. The minimum absolute atomic E-state index is 0.0996. The van der Waals surface area contributed by atoms with E-state index in [4.69, 9.17) is 0 Å². The number of hydrogen-bond acceptors (Lipinski definition) is 0. The largest absolute Gasteiger partial charge is 0.206 e. The summed E-state index contributed by atoms with van der Waals surface area (Å²) in [7, 11) is 0. The third-order valence-corrected chi connectivity index (χ3v) is 2.85. The van der Waals surface area contributed by atoms with Crippen LogP contribution in [0.25, 0.3) is 21.5 Å². The molecule has 0 aliphatic rings. The standard InChI is InChI=1S/C14H7F3/c15-12-5-8-3-1-2-4-9(8)10-6-13(16)14(17)7-11(10)12/h1-7H. The van der Waals surface area contributed by atoms with Gasteiger partial charge in [0.2, 0.25) is 0 Å². The lowest BCUT2D eigenvalue weighted by Crippen LogP contribution is -1.88. The maximum absolute atomic E-state index is 13.7. The van der Waals surface area contributed by atoms with Crippen molar-refractivity contribution >= 4 is 21.5 Å². The Bertz CT molecular complexity index is 732. The van der Waals surface area contributed by atoms with Crippen LogP contribution in [0.5, 0.6) is 0 Å². The van der Waals surface area contributed by atoms with Crippen LogP contribution in [-0.4, -0.2) is 0 Å². The molecule has 0 atom stereocenters. The van der Waals surface area contributed by atoms with Gasteiger partial charge in [0.05, 0.1) is 0 Å². The maximum Gasteiger partial charge on any atom is 0.159 e. The molecule has 84 valence electrons. The smallest absolute Gasteiger partial charge is 0.159 e. The first-order valence-corrected chi connectivity index (χ1v) is 5.13. The van der Waals surface area contributed by atoms with Crippen molar-refractivity contribution in [2.45, 2.75) is 0 Å². The van der Waals surface area contributed by atoms with Crippen LogP contribution >= 0.6 is 0 Å². The summed E-state index contributed by atoms with van der Waals surface area (Å²) in [6.07, 6.45) is 0. The van der Waals surface area contributed by atoms with Crippen molar-refractivity contribution in [3.05, 3.63) is 59.9 Å². The molecule has 0 radical (unpaired) electrons. The molecule has 0 aliphatic heterocycles. The topological polar surface area (TPSA) is 0 Å². The van der Waals surface area contributed by atoms with Gasteiger partial charge in [-0.25, -0.2) is 13.2 Å². The van der Waals surface area contributed by atoms with Crippen LogP contribution in [0, 0.1) is 17.5 Å². The lowest BCUT2D eigenvalue weighted by molar-refractivity contribution is 0.510. The van der Waals surface area contributed by atoms with E-state index in [1.807, 2.05) is 0 Å². The van der Waals surface area contributed by atoms with Crippen LogP contribution in [0.4, 0.5) is 13.2 Å². The second kappa shape index (κ2) is 3.48. The fourth-order valence-electron chi connectivity index (χ4n) is 2.05. The highest BCUT2D eigenvalue weighted by Crippen LogP contribution is 2.29. The molecule has 0 amide bonds. The fourth-order valence-corrected chi connectivity index (χ4v) is 2.05. The highest BCUT2D eigenvalue weighted by atomic mass is 19.2. The molecule has 0 unspecified atom stereocenters. The summed E-state index contributed by atoms with van der Waals surface area (Å²) in [6, 6.07) is 10.3. The molecule has 3 aromatic rings. The fraction of sp³-hybridized carbons (Fsp3) is 0. The molecule has 0 saturated heterocycles. The highest BCUT2D eigenvalue weighted by Gasteiger charge is 2.10. The summed E-state index contributed by atoms with van der Waals surface area (Å²) < 4.78 is 40.0. The van der Waals surface area contributed by atoms with Crippen molar-refractivity contribution in [3.63, 3.8) is 0 Å². The van der Waals surface area contributed by atoms with E-state index in [9.17, 15) is 13.2 Å². The van der Waals surface area contributed by atoms with Crippen molar-refractivity contribution in [3.8, 4) is 0 Å². The molecule has 0 fully saturated rings. The summed E-state index contributed by atoms with van der Waals surface area (Å²) in [5, 5.41) is 1.87. The third-order valence-electron chi connectivity index (χ3n) is 2.85. The lowest BCUT2D eigenvalue weighted by Gasteiger charge is -2.06. The Morgan fingerprint density at radius 3 is 2.00 bits per heavy atom. The second-order valence-electron chi connectivity index (χ2n) is 3.89. The quantitative estimate of drug-likeness (QED) is 0.503. The third kappa shape index (κ3) is 1.46. The molecule has 0 saturated carbocycles. The predicted octanol–water partition coefficient (Wildman–Crippen LogP) is 4.41. The Labute approximate surface area is 95.3 Å². The van der Waals surface area contributed by atoms with Gasteiger partial charge >= 0.3 is 0 Å². The molecule has 3 heteroatoms. The zero-order valence-corrected chi connectivity index (χ0v) is 8.68. The van der Waals surface area contributed by atoms with E-state index >= 15 is 0 Å². The van der Waals surface area contributed by atoms with Crippen LogP contribution in [0.2, 0.25) is 0 Å². The Hall–Kier alpha value is -2.03. The van der Waals surface area contributed by atoms with Crippen LogP contribution in [-0.2, 0) is 0 Å². The van der Waals surface area contributed by atoms with Gasteiger partial charge < -0.3 is 0 Å². The molecular weight excluding hydrogens is 225 g/mol. The molecule has 3 aromatic carbocycles. The molecule has 0 bridgehead atoms. The monoisotopic (exact) mass is 232 g/mol. The van der Waals surface area contributed by atoms with Crippen LogP contribution in [0.3, 0.4) is 0 Å². The van der Waals surface area contributed by atoms with E-state index in [1.165, 1.54) is 6.07 Å². The van der Waals surface area contributed by atoms with E-state index in [0.717, 1.165) is 12.1 Å². The summed E-state index contributed by atoms with van der Waals surface area (Å²) in [6.45, 7) is 0. The van der Waals surface area contributed by atoms with E-state index < -0.39 is 17.5 Å². The SMILES string of the molecule is Fc1cc2c(F)cc3ccccc3c2cc1F. The number of benzene rings is 3. The van der Waals surface area contributed by atoms with E-state index in [-0.39, 0.29) is 5.39 Å². The van der Waals surface area contributed by atoms with Gasteiger partial charge in [-0.15, -0.1) is 0 Å². The Balaban J connectivity index is 2.60. The minimum atomic E-state index is -1.04. The van der Waals surface area contributed by atoms with Crippen LogP contribution in [0.1, 0.15) is 0 Å². The van der Waals surface area contributed by atoms with E-state index in [1.54, 1.807) is 24.3 Å². The molecule has 0 N–H and O–H groups in total. The van der Waals surface area contributed by atoms with Gasteiger partial charge in [0, 0.05) is 5.39 Å². The van der Waals surface area contributed by atoms with Gasteiger partial charge in [-0.2, -0.15) is 0 Å². The molecule has 3 rings (SSSR count). The van der Waals surface area contributed by atoms with Crippen molar-refractivity contribution in [1.82, 2.24) is 0 Å². The second-order valence-corrected chi connectivity index (χ2v) is 3.89. The van der Waals surface area contributed by atoms with Crippen LogP contribution in [0.15, 0.2) is 42.5 Å². The van der Waals surface area contributed by atoms with Crippen molar-refractivity contribution in [1.29, 1.82) is 0 Å². The number of fused-ring (bicyclic) bond motifs is 3. The van der Waals surface area contributed by atoms with Gasteiger partial charge in [-0.1, -0.05) is 24.3 Å². The van der Waals surface area contributed by atoms with Gasteiger partial charge in [0.1, 0.15) is 5.82 Å². The Kier molecular flexibility index (Phi) is 2.08. The van der Waals surface area contributed by atoms with E-state index in [0.29, 0.717) is 16.2 Å². The van der Waals surface area contributed by atoms with Crippen LogP contribution < -0.4 is 0 Å². The first-order valence-electron chi connectivity index (χ1n) is 5.13. The van der Waals surface area contributed by atoms with Gasteiger partial charge in [-0.3, -0.25) is 0 Å². The zero-order valence-electron chi connectivity index (χ0n) is 8.68. The molecular formula is C14H7F3. The maximum atomic E-state index is 13.7. The first kappa shape index (κ1) is 10.1. The Morgan fingerprint density at radius 1 is 0.588 bits per heavy atom. The van der Waals surface area contributed by atoms with Crippen molar-refractivity contribution < 1.29 is 13.2 Å². The summed E-state index contributed by atoms with van der Waals surface area (Å²) in [5.41, 5.74) is 0. The number of halogens is 3. The summed E-state index contributed by atoms with van der Waals surface area (Å²) >= 11 is 0. The average molecular weight is 232 g/mol. The number of rotatable bonds is 0. The minimum Gasteiger partial charge on any atom is -0.206 e. The first-order chi connectivity index (χ1) is 8.16. The Morgan fingerprint density at radius 2 is 1.24 bits per heavy atom. The van der Waals surface area contributed by atoms with Gasteiger partial charge in [0.25, 0.3) is 0 Å². The van der Waals surface area contributed by atoms with Gasteiger partial charge in [-0.05, 0) is 34.4 Å². The molecule has 0 heterocycles. The molecule has 0 spiro atoms. The molecule has 0 aromatic heterocycles.